The van der Waals surface area contributed by atoms with Crippen LogP contribution in [0.4, 0.5) is 0 Å². The van der Waals surface area contributed by atoms with E-state index in [2.05, 4.69) is 5.43 Å². The predicted molar refractivity (Wildman–Crippen MR) is 99.7 cm³/mol. The average molecular weight is 395 g/mol. The Balaban J connectivity index is 1.66. The minimum absolute atomic E-state index is 0.0602. The first-order chi connectivity index (χ1) is 13.3. The number of benzene rings is 3. The summed E-state index contributed by atoms with van der Waals surface area (Å²) in [7, 11) is -3.90. The van der Waals surface area contributed by atoms with Gasteiger partial charge in [-0.05, 0) is 41.8 Å². The zero-order valence-corrected chi connectivity index (χ0v) is 15.1. The number of nitrogens with one attached hydrogen (secondary N) is 1. The van der Waals surface area contributed by atoms with Crippen LogP contribution in [0.15, 0.2) is 65.6 Å². The number of hydrazine groups is 1. The van der Waals surface area contributed by atoms with E-state index in [1.807, 2.05) is 0 Å². The Hall–Kier alpha value is -3.56. The number of rotatable bonds is 3. The molecule has 3 amide bonds. The lowest BCUT2D eigenvalue weighted by Crippen LogP contribution is -2.51. The summed E-state index contributed by atoms with van der Waals surface area (Å²) in [4.78, 5) is 37.8. The smallest absolute Gasteiger partial charge is 0.267 e. The van der Waals surface area contributed by atoms with Crippen LogP contribution in [0.1, 0.15) is 31.1 Å². The molecule has 0 fully saturated rings. The largest absolute Gasteiger partial charge is 0.280 e. The highest BCUT2D eigenvalue weighted by Gasteiger charge is 2.34. The third kappa shape index (κ3) is 2.82. The molecule has 3 N–H and O–H groups in total. The second-order valence-corrected chi connectivity index (χ2v) is 7.73. The maximum atomic E-state index is 12.8. The van der Waals surface area contributed by atoms with Gasteiger partial charge in [0, 0.05) is 10.9 Å². The highest BCUT2D eigenvalue weighted by Crippen LogP contribution is 2.29. The number of sulfonamides is 1. The summed E-state index contributed by atoms with van der Waals surface area (Å²) in [5.74, 6) is -2.04. The molecular weight excluding hydrogens is 382 g/mol. The third-order valence-corrected chi connectivity index (χ3v) is 5.36. The monoisotopic (exact) mass is 395 g/mol. The van der Waals surface area contributed by atoms with Crippen molar-refractivity contribution in [2.24, 2.45) is 5.14 Å². The Bertz CT molecular complexity index is 1220. The van der Waals surface area contributed by atoms with Crippen molar-refractivity contribution in [2.45, 2.75) is 4.90 Å². The highest BCUT2D eigenvalue weighted by molar-refractivity contribution is 7.89. The molecule has 1 heterocycles. The van der Waals surface area contributed by atoms with Gasteiger partial charge in [0.2, 0.25) is 10.0 Å². The van der Waals surface area contributed by atoms with E-state index >= 15 is 0 Å². The highest BCUT2D eigenvalue weighted by atomic mass is 32.2. The van der Waals surface area contributed by atoms with Gasteiger partial charge >= 0.3 is 0 Å². The van der Waals surface area contributed by atoms with Crippen LogP contribution in [0.2, 0.25) is 0 Å². The summed E-state index contributed by atoms with van der Waals surface area (Å²) >= 11 is 0. The predicted octanol–water partition coefficient (Wildman–Crippen LogP) is 1.43. The fourth-order valence-electron chi connectivity index (χ4n) is 3.09. The molecule has 0 atom stereocenters. The van der Waals surface area contributed by atoms with Crippen LogP contribution in [0, 0.1) is 0 Å². The second-order valence-electron chi connectivity index (χ2n) is 6.17. The Morgan fingerprint density at radius 1 is 0.857 bits per heavy atom. The molecule has 0 radical (unpaired) electrons. The fourth-order valence-corrected chi connectivity index (χ4v) is 3.61. The van der Waals surface area contributed by atoms with Crippen molar-refractivity contribution in [2.75, 3.05) is 0 Å². The van der Waals surface area contributed by atoms with E-state index in [1.165, 1.54) is 24.3 Å². The van der Waals surface area contributed by atoms with Crippen molar-refractivity contribution in [1.82, 2.24) is 10.4 Å². The lowest BCUT2D eigenvalue weighted by atomic mass is 9.95. The maximum absolute atomic E-state index is 12.8. The minimum Gasteiger partial charge on any atom is -0.267 e. The van der Waals surface area contributed by atoms with E-state index < -0.39 is 27.7 Å². The third-order valence-electron chi connectivity index (χ3n) is 4.43. The molecule has 0 saturated carbocycles. The van der Waals surface area contributed by atoms with E-state index in [0.717, 1.165) is 5.39 Å². The normalized spacial score (nSPS) is 13.7. The summed E-state index contributed by atoms with van der Waals surface area (Å²) in [5.41, 5.74) is 2.96. The van der Waals surface area contributed by atoms with Crippen LogP contribution < -0.4 is 10.6 Å². The van der Waals surface area contributed by atoms with Gasteiger partial charge in [-0.2, -0.15) is 5.01 Å². The number of nitrogens with zero attached hydrogens (tertiary/aromatic N) is 1. The molecule has 8 nitrogen and oxygen atoms in total. The molecule has 0 aromatic heterocycles. The Morgan fingerprint density at radius 2 is 1.39 bits per heavy atom. The quantitative estimate of drug-likeness (QED) is 0.649. The van der Waals surface area contributed by atoms with Crippen LogP contribution in [-0.2, 0) is 10.0 Å². The number of primary sulfonamides is 1. The average Bonchev–Trinajstić information content (AvgIpc) is 2.68. The molecule has 0 bridgehead atoms. The van der Waals surface area contributed by atoms with Gasteiger partial charge in [0.15, 0.2) is 0 Å². The number of nitrogens with two attached hydrogens (primary N) is 1. The van der Waals surface area contributed by atoms with E-state index in [1.54, 1.807) is 36.4 Å². The minimum atomic E-state index is -3.90. The van der Waals surface area contributed by atoms with Crippen molar-refractivity contribution in [1.29, 1.82) is 0 Å². The molecule has 28 heavy (non-hydrogen) atoms. The molecule has 4 rings (SSSR count). The number of hydrogen-bond donors (Lipinski definition) is 2. The Kier molecular flexibility index (Phi) is 3.98. The van der Waals surface area contributed by atoms with Gasteiger partial charge in [-0.1, -0.05) is 24.3 Å². The molecule has 0 unspecified atom stereocenters. The molecule has 1 aliphatic rings. The van der Waals surface area contributed by atoms with Crippen LogP contribution in [-0.4, -0.2) is 31.1 Å². The van der Waals surface area contributed by atoms with E-state index in [9.17, 15) is 22.8 Å². The van der Waals surface area contributed by atoms with Gasteiger partial charge in [0.1, 0.15) is 0 Å². The van der Waals surface area contributed by atoms with Crippen LogP contribution in [0.25, 0.3) is 10.8 Å². The molecule has 9 heteroatoms. The van der Waals surface area contributed by atoms with Crippen molar-refractivity contribution in [3.8, 4) is 0 Å². The number of imide groups is 1. The summed E-state index contributed by atoms with van der Waals surface area (Å²) in [5, 5.41) is 6.98. The molecule has 0 spiro atoms. The summed E-state index contributed by atoms with van der Waals surface area (Å²) in [6.07, 6.45) is 0. The Morgan fingerprint density at radius 3 is 1.89 bits per heavy atom. The van der Waals surface area contributed by atoms with Crippen LogP contribution >= 0.6 is 0 Å². The van der Waals surface area contributed by atoms with Crippen LogP contribution in [0.3, 0.4) is 0 Å². The number of hydrogen-bond acceptors (Lipinski definition) is 5. The topological polar surface area (TPSA) is 127 Å². The molecule has 0 aliphatic carbocycles. The van der Waals surface area contributed by atoms with Gasteiger partial charge in [0.05, 0.1) is 16.0 Å². The summed E-state index contributed by atoms with van der Waals surface area (Å²) in [6.45, 7) is 0. The van der Waals surface area contributed by atoms with Gasteiger partial charge < -0.3 is 0 Å². The van der Waals surface area contributed by atoms with Crippen molar-refractivity contribution < 1.29 is 22.8 Å². The molecule has 0 saturated heterocycles. The van der Waals surface area contributed by atoms with Crippen molar-refractivity contribution in [3.63, 3.8) is 0 Å². The van der Waals surface area contributed by atoms with Crippen LogP contribution in [0.5, 0.6) is 0 Å². The summed E-state index contributed by atoms with van der Waals surface area (Å²) < 4.78 is 22.6. The fraction of sp³-hybridized carbons (Fsp3) is 0. The van der Waals surface area contributed by atoms with E-state index in [-0.39, 0.29) is 10.5 Å². The van der Waals surface area contributed by atoms with E-state index in [4.69, 9.17) is 5.14 Å². The van der Waals surface area contributed by atoms with Gasteiger partial charge in [-0.25, -0.2) is 13.6 Å². The van der Waals surface area contributed by atoms with E-state index in [0.29, 0.717) is 21.5 Å². The second kappa shape index (κ2) is 6.25. The number of carbonyl (C=O) groups is 3. The zero-order chi connectivity index (χ0) is 20.1. The van der Waals surface area contributed by atoms with Gasteiger partial charge in [-0.3, -0.25) is 19.8 Å². The Labute approximate surface area is 159 Å². The van der Waals surface area contributed by atoms with Gasteiger partial charge in [-0.15, -0.1) is 0 Å². The SMILES string of the molecule is NS(=O)(=O)c1ccc(C(=O)NN2C(=O)c3cccc4cccc(c34)C2=O)cc1. The molecular formula is C19H13N3O5S. The van der Waals surface area contributed by atoms with Crippen molar-refractivity contribution >= 4 is 38.5 Å². The summed E-state index contributed by atoms with van der Waals surface area (Å²) in [6, 6.07) is 15.0. The van der Waals surface area contributed by atoms with Gasteiger partial charge in [0.25, 0.3) is 17.7 Å². The molecule has 1 aliphatic heterocycles. The maximum Gasteiger partial charge on any atom is 0.280 e. The lowest BCUT2D eigenvalue weighted by molar-refractivity contribution is 0.0479. The standard InChI is InChI=1S/C19H13N3O5S/c20-28(26,27)13-9-7-12(8-10-13)17(23)21-22-18(24)14-5-1-3-11-4-2-6-15(16(11)14)19(22)25/h1-10H,(H,21,23)(H2,20,26,27). The molecule has 3 aromatic rings. The zero-order valence-electron chi connectivity index (χ0n) is 14.2. The first-order valence-electron chi connectivity index (χ1n) is 8.12. The first kappa shape index (κ1) is 17.8. The lowest BCUT2D eigenvalue weighted by Gasteiger charge is -2.27. The molecule has 140 valence electrons. The molecule has 3 aromatic carbocycles. The number of carbonyl (C=O) groups excluding carboxylic acids is 3. The van der Waals surface area contributed by atoms with Crippen molar-refractivity contribution in [3.05, 3.63) is 77.4 Å². The first-order valence-corrected chi connectivity index (χ1v) is 9.66. The number of amides is 3.